The topological polar surface area (TPSA) is 41.1 Å². The number of thioether (sulfide) groups is 1. The quantitative estimate of drug-likeness (QED) is 0.871. The van der Waals surface area contributed by atoms with Crippen molar-refractivity contribution in [3.8, 4) is 0 Å². The number of hydrogen-bond donors (Lipinski definition) is 2. The van der Waals surface area contributed by atoms with Gasteiger partial charge in [0.1, 0.15) is 0 Å². The standard InChI is InChI=1S/C15H16N2OS/c1-19-11-15(18)17-14-9-7-13(8-10-14)16-12-5-3-2-4-6-12/h2-10,16H,11H2,1H3,(H,17,18). The van der Waals surface area contributed by atoms with Gasteiger partial charge in [0.25, 0.3) is 0 Å². The highest BCUT2D eigenvalue weighted by Gasteiger charge is 2.01. The molecular formula is C15H16N2OS. The Morgan fingerprint density at radius 1 is 0.947 bits per heavy atom. The van der Waals surface area contributed by atoms with E-state index in [1.165, 1.54) is 11.8 Å². The van der Waals surface area contributed by atoms with Gasteiger partial charge in [-0.05, 0) is 42.7 Å². The van der Waals surface area contributed by atoms with E-state index >= 15 is 0 Å². The van der Waals surface area contributed by atoms with E-state index in [0.29, 0.717) is 5.75 Å². The number of benzene rings is 2. The number of amides is 1. The normalized spacial score (nSPS) is 9.95. The first-order valence-electron chi connectivity index (χ1n) is 5.99. The Morgan fingerprint density at radius 3 is 2.16 bits per heavy atom. The molecule has 0 fully saturated rings. The molecule has 1 amide bonds. The summed E-state index contributed by atoms with van der Waals surface area (Å²) >= 11 is 1.51. The van der Waals surface area contributed by atoms with Crippen LogP contribution >= 0.6 is 11.8 Å². The second-order valence-corrected chi connectivity index (χ2v) is 4.92. The predicted molar refractivity (Wildman–Crippen MR) is 83.2 cm³/mol. The Balaban J connectivity index is 1.97. The number of rotatable bonds is 5. The molecule has 0 spiro atoms. The molecule has 19 heavy (non-hydrogen) atoms. The second-order valence-electron chi connectivity index (χ2n) is 4.05. The van der Waals surface area contributed by atoms with Gasteiger partial charge >= 0.3 is 0 Å². The van der Waals surface area contributed by atoms with Crippen LogP contribution in [0.25, 0.3) is 0 Å². The molecule has 4 heteroatoms. The van der Waals surface area contributed by atoms with Crippen molar-refractivity contribution in [3.05, 3.63) is 54.6 Å². The average molecular weight is 272 g/mol. The molecule has 0 aliphatic carbocycles. The minimum Gasteiger partial charge on any atom is -0.356 e. The summed E-state index contributed by atoms with van der Waals surface area (Å²) in [5.41, 5.74) is 2.85. The highest BCUT2D eigenvalue weighted by atomic mass is 32.2. The highest BCUT2D eigenvalue weighted by Crippen LogP contribution is 2.18. The van der Waals surface area contributed by atoms with Crippen LogP contribution < -0.4 is 10.6 Å². The van der Waals surface area contributed by atoms with Crippen LogP contribution in [0.5, 0.6) is 0 Å². The number of carbonyl (C=O) groups excluding carboxylic acids is 1. The van der Waals surface area contributed by atoms with E-state index in [9.17, 15) is 4.79 Å². The first kappa shape index (κ1) is 13.5. The third kappa shape index (κ3) is 4.34. The van der Waals surface area contributed by atoms with Crippen molar-refractivity contribution < 1.29 is 4.79 Å². The Kier molecular flexibility index (Phi) is 4.86. The number of nitrogens with one attached hydrogen (secondary N) is 2. The fourth-order valence-corrected chi connectivity index (χ4v) is 1.99. The average Bonchev–Trinajstić information content (AvgIpc) is 2.42. The molecule has 0 aliphatic heterocycles. The molecule has 0 heterocycles. The molecule has 0 bridgehead atoms. The summed E-state index contributed by atoms with van der Waals surface area (Å²) in [6, 6.07) is 17.6. The van der Waals surface area contributed by atoms with Crippen molar-refractivity contribution in [1.82, 2.24) is 0 Å². The van der Waals surface area contributed by atoms with Crippen LogP contribution in [-0.2, 0) is 4.79 Å². The van der Waals surface area contributed by atoms with Crippen LogP contribution in [0.1, 0.15) is 0 Å². The molecule has 0 radical (unpaired) electrons. The number of carbonyl (C=O) groups is 1. The number of para-hydroxylation sites is 1. The summed E-state index contributed by atoms with van der Waals surface area (Å²) in [6.07, 6.45) is 1.91. The summed E-state index contributed by atoms with van der Waals surface area (Å²) < 4.78 is 0. The van der Waals surface area contributed by atoms with E-state index in [0.717, 1.165) is 17.1 Å². The summed E-state index contributed by atoms with van der Waals surface area (Å²) in [7, 11) is 0. The van der Waals surface area contributed by atoms with E-state index in [1.807, 2.05) is 60.9 Å². The molecule has 2 rings (SSSR count). The zero-order valence-corrected chi connectivity index (χ0v) is 11.5. The molecule has 98 valence electrons. The van der Waals surface area contributed by atoms with Gasteiger partial charge < -0.3 is 10.6 Å². The molecule has 0 saturated heterocycles. The maximum absolute atomic E-state index is 11.4. The van der Waals surface area contributed by atoms with Crippen LogP contribution in [-0.4, -0.2) is 17.9 Å². The van der Waals surface area contributed by atoms with Gasteiger partial charge in [-0.1, -0.05) is 18.2 Å². The minimum atomic E-state index is 0.0243. The van der Waals surface area contributed by atoms with Gasteiger partial charge in [-0.3, -0.25) is 4.79 Å². The highest BCUT2D eigenvalue weighted by molar-refractivity contribution is 7.99. The van der Waals surface area contributed by atoms with Crippen molar-refractivity contribution in [1.29, 1.82) is 0 Å². The van der Waals surface area contributed by atoms with Crippen molar-refractivity contribution in [2.75, 3.05) is 22.6 Å². The lowest BCUT2D eigenvalue weighted by Gasteiger charge is -2.08. The van der Waals surface area contributed by atoms with Gasteiger partial charge in [0.15, 0.2) is 0 Å². The van der Waals surface area contributed by atoms with Crippen molar-refractivity contribution in [2.45, 2.75) is 0 Å². The van der Waals surface area contributed by atoms with Gasteiger partial charge in [-0.15, -0.1) is 0 Å². The molecule has 0 aromatic heterocycles. The zero-order valence-electron chi connectivity index (χ0n) is 10.7. The number of anilines is 3. The molecule has 0 unspecified atom stereocenters. The van der Waals surface area contributed by atoms with Crippen molar-refractivity contribution in [3.63, 3.8) is 0 Å². The monoisotopic (exact) mass is 272 g/mol. The summed E-state index contributed by atoms with van der Waals surface area (Å²) in [5, 5.41) is 6.14. The van der Waals surface area contributed by atoms with Crippen molar-refractivity contribution >= 4 is 34.7 Å². The molecule has 0 saturated carbocycles. The molecule has 0 atom stereocenters. The molecular weight excluding hydrogens is 256 g/mol. The SMILES string of the molecule is CSCC(=O)Nc1ccc(Nc2ccccc2)cc1. The van der Waals surface area contributed by atoms with Gasteiger partial charge in [0, 0.05) is 17.1 Å². The smallest absolute Gasteiger partial charge is 0.234 e. The minimum absolute atomic E-state index is 0.0243. The first-order valence-corrected chi connectivity index (χ1v) is 7.38. The predicted octanol–water partition coefficient (Wildman–Crippen LogP) is 3.73. The lowest BCUT2D eigenvalue weighted by molar-refractivity contribution is -0.113. The largest absolute Gasteiger partial charge is 0.356 e. The fraction of sp³-hybridized carbons (Fsp3) is 0.133. The second kappa shape index (κ2) is 6.85. The maximum Gasteiger partial charge on any atom is 0.234 e. The molecule has 3 nitrogen and oxygen atoms in total. The Morgan fingerprint density at radius 2 is 1.53 bits per heavy atom. The van der Waals surface area contributed by atoms with Crippen molar-refractivity contribution in [2.24, 2.45) is 0 Å². The summed E-state index contributed by atoms with van der Waals surface area (Å²) in [6.45, 7) is 0. The van der Waals surface area contributed by atoms with Gasteiger partial charge in [0.05, 0.1) is 5.75 Å². The third-order valence-electron chi connectivity index (χ3n) is 2.51. The number of hydrogen-bond acceptors (Lipinski definition) is 3. The Bertz CT molecular complexity index is 526. The van der Waals surface area contributed by atoms with Crippen LogP contribution in [0.3, 0.4) is 0 Å². The molecule has 2 aromatic carbocycles. The zero-order chi connectivity index (χ0) is 13.5. The first-order chi connectivity index (χ1) is 9.28. The van der Waals surface area contributed by atoms with Crippen LogP contribution in [0.15, 0.2) is 54.6 Å². The van der Waals surface area contributed by atoms with Crippen LogP contribution in [0.2, 0.25) is 0 Å². The Hall–Kier alpha value is -1.94. The van der Waals surface area contributed by atoms with Gasteiger partial charge in [-0.2, -0.15) is 11.8 Å². The van der Waals surface area contributed by atoms with Gasteiger partial charge in [-0.25, -0.2) is 0 Å². The fourth-order valence-electron chi connectivity index (χ4n) is 1.65. The molecule has 2 aromatic rings. The van der Waals surface area contributed by atoms with E-state index in [-0.39, 0.29) is 5.91 Å². The van der Waals surface area contributed by atoms with Gasteiger partial charge in [0.2, 0.25) is 5.91 Å². The third-order valence-corrected chi connectivity index (χ3v) is 3.06. The van der Waals surface area contributed by atoms with Crippen LogP contribution in [0, 0.1) is 0 Å². The molecule has 0 aliphatic rings. The Labute approximate surface area is 117 Å². The lowest BCUT2D eigenvalue weighted by atomic mass is 10.2. The van der Waals surface area contributed by atoms with E-state index < -0.39 is 0 Å². The van der Waals surface area contributed by atoms with E-state index in [4.69, 9.17) is 0 Å². The maximum atomic E-state index is 11.4. The lowest BCUT2D eigenvalue weighted by Crippen LogP contribution is -2.13. The van der Waals surface area contributed by atoms with E-state index in [2.05, 4.69) is 10.6 Å². The van der Waals surface area contributed by atoms with E-state index in [1.54, 1.807) is 0 Å². The summed E-state index contributed by atoms with van der Waals surface area (Å²) in [4.78, 5) is 11.4. The summed E-state index contributed by atoms with van der Waals surface area (Å²) in [5.74, 6) is 0.501. The molecule has 2 N–H and O–H groups in total. The van der Waals surface area contributed by atoms with Crippen LogP contribution in [0.4, 0.5) is 17.1 Å².